The molecule has 541 valence electrons. The molecule has 102 heavy (non-hydrogen) atoms. The molecule has 6 aromatic carbocycles. The van der Waals surface area contributed by atoms with Crippen LogP contribution in [0.1, 0.15) is 52.7 Å². The van der Waals surface area contributed by atoms with Gasteiger partial charge in [0.1, 0.15) is 10.3 Å². The van der Waals surface area contributed by atoms with Crippen molar-refractivity contribution < 1.29 is 157 Å². The number of ketones is 3. The van der Waals surface area contributed by atoms with Crippen LogP contribution in [0.2, 0.25) is 10.3 Å². The molecule has 0 saturated carbocycles. The number of hydrogen-bond acceptors (Lipinski definition) is 13. The van der Waals surface area contributed by atoms with Crippen molar-refractivity contribution in [2.75, 3.05) is 0 Å². The number of aliphatic hydroxyl groups excluding tert-OH is 3. The largest absolute Gasteiger partial charge is 0.512 e. The zero-order chi connectivity index (χ0) is 71.3. The van der Waals surface area contributed by atoms with Crippen LogP contribution >= 0.6 is 23.2 Å². The molecular weight excluding hydrogens is 2250 g/mol. The van der Waals surface area contributed by atoms with Crippen LogP contribution in [0.15, 0.2) is 248 Å². The SMILES string of the molecule is CC(=O)C=C(C)O.CC(=O)C=C(C)O.CC(=O)C=C(C)O.Clc1ccc(-c2[c-]cccc2)nn1.Clc1ccc(-c2[c-]cccc2)nn1.FC(F)(F)c1ccc(-c2[c-]cccc2)nc1.FC(F)(F)c1cccnc1-c1[c-]cccc1.[C-]#[N+]c1ccnc(-c2[c-]ccc3ccccc23)c1.[Ir].[Ir].[Ir].[Ir].[Ir]. The molecule has 11 aromatic rings. The third-order valence-corrected chi connectivity index (χ3v) is 11.9. The Hall–Kier alpha value is -8.28. The van der Waals surface area contributed by atoms with E-state index in [9.17, 15) is 40.7 Å². The summed E-state index contributed by atoms with van der Waals surface area (Å²) in [6.45, 7) is 15.6. The zero-order valence-corrected chi connectivity index (χ0v) is 67.8. The van der Waals surface area contributed by atoms with Crippen LogP contribution in [0.3, 0.4) is 0 Å². The van der Waals surface area contributed by atoms with E-state index in [0.29, 0.717) is 32.8 Å². The van der Waals surface area contributed by atoms with Crippen molar-refractivity contribution in [3.63, 3.8) is 0 Å². The first kappa shape index (κ1) is 95.8. The third kappa shape index (κ3) is 37.6. The Morgan fingerprint density at radius 1 is 0.441 bits per heavy atom. The van der Waals surface area contributed by atoms with E-state index in [1.54, 1.807) is 79.0 Å². The Kier molecular flexibility index (Phi) is 47.8. The second kappa shape index (κ2) is 51.0. The van der Waals surface area contributed by atoms with Gasteiger partial charge in [-0.05, 0) is 77.2 Å². The van der Waals surface area contributed by atoms with E-state index in [4.69, 9.17) is 45.1 Å². The Bertz CT molecular complexity index is 4240. The fourth-order valence-corrected chi connectivity index (χ4v) is 7.77. The fraction of sp³-hybridized carbons (Fsp3) is 0.107. The molecule has 0 atom stereocenters. The third-order valence-electron chi connectivity index (χ3n) is 11.5. The van der Waals surface area contributed by atoms with Gasteiger partial charge in [0.05, 0.1) is 29.4 Å². The maximum absolute atomic E-state index is 12.7. The molecule has 0 saturated heterocycles. The van der Waals surface area contributed by atoms with E-state index >= 15 is 0 Å². The number of aliphatic hydroxyl groups is 3. The number of hydrogen-bond donors (Lipinski definition) is 3. The summed E-state index contributed by atoms with van der Waals surface area (Å²) in [4.78, 5) is 45.3. The smallest absolute Gasteiger partial charge is 0.417 e. The van der Waals surface area contributed by atoms with Crippen LogP contribution < -0.4 is 0 Å². The summed E-state index contributed by atoms with van der Waals surface area (Å²) in [6.07, 6.45) is -1.40. The van der Waals surface area contributed by atoms with Crippen LogP contribution in [-0.4, -0.2) is 68.0 Å². The van der Waals surface area contributed by atoms with E-state index in [2.05, 4.69) is 76.6 Å². The van der Waals surface area contributed by atoms with Gasteiger partial charge in [0.15, 0.2) is 23.0 Å². The molecule has 5 aromatic heterocycles. The first-order chi connectivity index (χ1) is 46.1. The quantitative estimate of drug-likeness (QED) is 0.0561. The molecule has 11 rings (SSSR count). The number of benzene rings is 6. The van der Waals surface area contributed by atoms with Gasteiger partial charge in [-0.3, -0.25) is 14.4 Å². The number of nitrogens with zero attached hydrogens (tertiary/aromatic N) is 8. The summed E-state index contributed by atoms with van der Waals surface area (Å²) in [5.41, 5.74) is 5.68. The van der Waals surface area contributed by atoms with E-state index in [1.807, 2.05) is 91.0 Å². The van der Waals surface area contributed by atoms with Gasteiger partial charge in [0.2, 0.25) is 0 Å². The number of allylic oxidation sites excluding steroid dienone is 6. The van der Waals surface area contributed by atoms with Crippen LogP contribution in [0.25, 0.3) is 71.9 Å². The summed E-state index contributed by atoms with van der Waals surface area (Å²) in [7, 11) is 0. The average Bonchev–Trinajstić information content (AvgIpc) is 0.821. The van der Waals surface area contributed by atoms with Crippen molar-refractivity contribution >= 4 is 57.0 Å². The molecule has 27 heteroatoms. The number of alkyl halides is 6. The summed E-state index contributed by atoms with van der Waals surface area (Å²) in [6, 6.07) is 70.9. The number of carbonyl (C=O) groups excluding carboxylic acids is 3. The zero-order valence-electron chi connectivity index (χ0n) is 54.3. The molecule has 5 radical (unpaired) electrons. The number of halogens is 8. The van der Waals surface area contributed by atoms with Crippen molar-refractivity contribution in [2.45, 2.75) is 53.9 Å². The van der Waals surface area contributed by atoms with E-state index < -0.39 is 23.5 Å². The minimum atomic E-state index is -4.40. The van der Waals surface area contributed by atoms with Gasteiger partial charge < -0.3 is 30.3 Å². The van der Waals surface area contributed by atoms with Crippen molar-refractivity contribution in [3.8, 4) is 56.3 Å². The van der Waals surface area contributed by atoms with Crippen LogP contribution in [0, 0.1) is 36.9 Å². The first-order valence-electron chi connectivity index (χ1n) is 28.4. The summed E-state index contributed by atoms with van der Waals surface area (Å²) in [5, 5.41) is 43.5. The molecule has 0 amide bonds. The van der Waals surface area contributed by atoms with Crippen molar-refractivity contribution in [1.82, 2.24) is 35.3 Å². The predicted octanol–water partition coefficient (Wildman–Crippen LogP) is 19.7. The van der Waals surface area contributed by atoms with Gasteiger partial charge in [-0.1, -0.05) is 89.3 Å². The van der Waals surface area contributed by atoms with Gasteiger partial charge in [-0.25, -0.2) is 4.85 Å². The fourth-order valence-electron chi connectivity index (χ4n) is 7.57. The Labute approximate surface area is 664 Å². The van der Waals surface area contributed by atoms with Crippen LogP contribution in [0.5, 0.6) is 0 Å². The van der Waals surface area contributed by atoms with Crippen LogP contribution in [-0.2, 0) is 127 Å². The molecule has 0 spiro atoms. The standard InChI is InChI=1S/C16H9N2.2C12H7F3N.2C10H6ClN2.3C5H8O2.5Ir/c1-17-13-9-10-18-16(11-13)15-8-4-6-12-5-2-3-7-14(12)15;13-12(14,15)10-7-4-8-16-11(10)9-5-2-1-3-6-9;13-12(14,15)10-6-7-11(16-8-10)9-4-2-1-3-5-9;2*11-10-7-6-9(12-13-10)8-4-2-1-3-5-8;3*1-4(6)3-5(2)7;;;;;/h2-7,9-11H;1-5,7-8H;1-4,6-8H;2*1-4,6-7H;3*3,6H,1-2H3;;;;;/q5*-1;;;;;;;;. The molecule has 14 nitrogen and oxygen atoms in total. The Morgan fingerprint density at radius 2 is 0.873 bits per heavy atom. The topological polar surface area (TPSA) is 206 Å². The number of pyridine rings is 3. The van der Waals surface area contributed by atoms with Gasteiger partial charge in [-0.2, -0.15) is 36.5 Å². The molecule has 5 heterocycles. The molecule has 0 bridgehead atoms. The summed E-state index contributed by atoms with van der Waals surface area (Å²) >= 11 is 11.2. The summed E-state index contributed by atoms with van der Waals surface area (Å²) < 4.78 is 74.9. The molecule has 0 fully saturated rings. The monoisotopic (exact) mass is 2320 g/mol. The Morgan fingerprint density at radius 3 is 1.24 bits per heavy atom. The van der Waals surface area contributed by atoms with Crippen LogP contribution in [0.4, 0.5) is 32.0 Å². The maximum Gasteiger partial charge on any atom is 0.417 e. The molecular formula is C75H59Cl2F6Ir5N8O6-5. The maximum atomic E-state index is 12.7. The average molecular weight is 2310 g/mol. The van der Waals surface area contributed by atoms with E-state index in [-0.39, 0.29) is 141 Å². The predicted molar refractivity (Wildman–Crippen MR) is 363 cm³/mol. The molecule has 0 aliphatic carbocycles. The minimum absolute atomic E-state index is 0. The van der Waals surface area contributed by atoms with Crippen molar-refractivity contribution in [2.24, 2.45) is 0 Å². The molecule has 3 N–H and O–H groups in total. The Balaban J connectivity index is 0. The minimum Gasteiger partial charge on any atom is -0.512 e. The normalized spacial score (nSPS) is 10.3. The van der Waals surface area contributed by atoms with E-state index in [0.717, 1.165) is 62.9 Å². The van der Waals surface area contributed by atoms with Gasteiger partial charge >= 0.3 is 12.4 Å². The number of aromatic nitrogens is 7. The first-order valence-corrected chi connectivity index (χ1v) is 29.2. The second-order valence-corrected chi connectivity index (χ2v) is 20.3. The van der Waals surface area contributed by atoms with E-state index in [1.165, 1.54) is 78.1 Å². The number of fused-ring (bicyclic) bond motifs is 1. The van der Waals surface area contributed by atoms with Crippen molar-refractivity contribution in [3.05, 3.63) is 311 Å². The number of rotatable bonds is 8. The van der Waals surface area contributed by atoms with Gasteiger partial charge in [0.25, 0.3) is 0 Å². The van der Waals surface area contributed by atoms with Gasteiger partial charge in [-0.15, -0.1) is 183 Å². The van der Waals surface area contributed by atoms with Gasteiger partial charge in [0, 0.05) is 160 Å². The molecule has 0 unspecified atom stereocenters. The summed E-state index contributed by atoms with van der Waals surface area (Å²) in [5.74, 6) is -0.187. The molecule has 0 aliphatic rings. The molecule has 0 aliphatic heterocycles. The number of carbonyl (C=O) groups is 3. The van der Waals surface area contributed by atoms with Crippen molar-refractivity contribution in [1.29, 1.82) is 0 Å². The second-order valence-electron chi connectivity index (χ2n) is 19.6.